The minimum absolute atomic E-state index is 0.211. The predicted molar refractivity (Wildman–Crippen MR) is 73.2 cm³/mol. The summed E-state index contributed by atoms with van der Waals surface area (Å²) in [6.07, 6.45) is 0. The Balaban J connectivity index is 2.68. The molecule has 0 atom stereocenters. The molecule has 0 spiro atoms. The Kier molecular flexibility index (Phi) is 6.15. The smallest absolute Gasteiger partial charge is 0.325 e. The van der Waals surface area contributed by atoms with Crippen molar-refractivity contribution in [1.82, 2.24) is 5.32 Å². The third-order valence-electron chi connectivity index (χ3n) is 2.36. The van der Waals surface area contributed by atoms with Gasteiger partial charge in [0.25, 0.3) is 0 Å². The van der Waals surface area contributed by atoms with Crippen molar-refractivity contribution in [1.29, 1.82) is 0 Å². The third-order valence-corrected chi connectivity index (χ3v) is 2.36. The van der Waals surface area contributed by atoms with Gasteiger partial charge in [-0.25, -0.2) is 4.79 Å². The fourth-order valence-corrected chi connectivity index (χ4v) is 1.50. The Morgan fingerprint density at radius 1 is 1.15 bits per heavy atom. The van der Waals surface area contributed by atoms with Gasteiger partial charge in [0.15, 0.2) is 0 Å². The molecule has 1 aromatic rings. The molecule has 0 aliphatic rings. The van der Waals surface area contributed by atoms with E-state index >= 15 is 0 Å². The first-order valence-corrected chi connectivity index (χ1v) is 6.03. The number of para-hydroxylation sites is 1. The lowest BCUT2D eigenvalue weighted by molar-refractivity contribution is -0.141. The van der Waals surface area contributed by atoms with E-state index in [2.05, 4.69) is 10.6 Å². The summed E-state index contributed by atoms with van der Waals surface area (Å²) < 4.78 is 15.0. The molecule has 0 fully saturated rings. The molecule has 0 bridgehead atoms. The molecule has 7 nitrogen and oxygen atoms in total. The van der Waals surface area contributed by atoms with E-state index in [1.807, 2.05) is 0 Å². The second kappa shape index (κ2) is 7.88. The standard InChI is InChI=1S/C13H18N2O5/c1-4-20-11(16)8-14-13(17)15-12-9(18-2)6-5-7-10(12)19-3/h5-7H,4,8H2,1-3H3,(H2,14,15,17). The highest BCUT2D eigenvalue weighted by Crippen LogP contribution is 2.33. The molecule has 0 saturated carbocycles. The van der Waals surface area contributed by atoms with Crippen molar-refractivity contribution in [2.24, 2.45) is 0 Å². The van der Waals surface area contributed by atoms with E-state index < -0.39 is 12.0 Å². The van der Waals surface area contributed by atoms with Gasteiger partial charge in [0.05, 0.1) is 20.8 Å². The summed E-state index contributed by atoms with van der Waals surface area (Å²) in [5.41, 5.74) is 0.388. The number of carbonyl (C=O) groups excluding carboxylic acids is 2. The summed E-state index contributed by atoms with van der Waals surface area (Å²) in [6.45, 7) is 1.75. The van der Waals surface area contributed by atoms with E-state index in [9.17, 15) is 9.59 Å². The Hall–Kier alpha value is -2.44. The van der Waals surface area contributed by atoms with Gasteiger partial charge in [-0.1, -0.05) is 6.07 Å². The van der Waals surface area contributed by atoms with Gasteiger partial charge in [0, 0.05) is 0 Å². The summed E-state index contributed by atoms with van der Waals surface area (Å²) in [4.78, 5) is 22.8. The summed E-state index contributed by atoms with van der Waals surface area (Å²) >= 11 is 0. The monoisotopic (exact) mass is 282 g/mol. The van der Waals surface area contributed by atoms with Crippen molar-refractivity contribution >= 4 is 17.7 Å². The Labute approximate surface area is 117 Å². The van der Waals surface area contributed by atoms with Crippen LogP contribution in [0.25, 0.3) is 0 Å². The van der Waals surface area contributed by atoms with Crippen LogP contribution in [0.4, 0.5) is 10.5 Å². The highest BCUT2D eigenvalue weighted by atomic mass is 16.5. The van der Waals surface area contributed by atoms with Gasteiger partial charge in [-0.15, -0.1) is 0 Å². The van der Waals surface area contributed by atoms with Gasteiger partial charge >= 0.3 is 12.0 Å². The number of hydrogen-bond acceptors (Lipinski definition) is 5. The molecule has 0 aliphatic carbocycles. The molecular weight excluding hydrogens is 264 g/mol. The van der Waals surface area contributed by atoms with Gasteiger partial charge in [0.1, 0.15) is 23.7 Å². The molecule has 0 saturated heterocycles. The van der Waals surface area contributed by atoms with Crippen LogP contribution in [0.3, 0.4) is 0 Å². The lowest BCUT2D eigenvalue weighted by atomic mass is 10.2. The molecule has 20 heavy (non-hydrogen) atoms. The Bertz CT molecular complexity index is 454. The van der Waals surface area contributed by atoms with E-state index in [0.29, 0.717) is 17.2 Å². The summed E-state index contributed by atoms with van der Waals surface area (Å²) in [7, 11) is 2.97. The van der Waals surface area contributed by atoms with Crippen LogP contribution < -0.4 is 20.1 Å². The first-order valence-electron chi connectivity index (χ1n) is 6.03. The van der Waals surface area contributed by atoms with Crippen molar-refractivity contribution in [3.63, 3.8) is 0 Å². The largest absolute Gasteiger partial charge is 0.494 e. The summed E-state index contributed by atoms with van der Waals surface area (Å²) in [6, 6.07) is 4.55. The maximum absolute atomic E-state index is 11.7. The Morgan fingerprint density at radius 2 is 1.75 bits per heavy atom. The average molecular weight is 282 g/mol. The van der Waals surface area contributed by atoms with Crippen molar-refractivity contribution in [3.05, 3.63) is 18.2 Å². The van der Waals surface area contributed by atoms with Crippen molar-refractivity contribution in [2.75, 3.05) is 32.7 Å². The number of amides is 2. The number of esters is 1. The molecule has 0 unspecified atom stereocenters. The van der Waals surface area contributed by atoms with E-state index in [1.54, 1.807) is 25.1 Å². The molecule has 0 aromatic heterocycles. The quantitative estimate of drug-likeness (QED) is 0.770. The van der Waals surface area contributed by atoms with E-state index in [4.69, 9.17) is 14.2 Å². The van der Waals surface area contributed by atoms with Gasteiger partial charge in [-0.05, 0) is 19.1 Å². The fraction of sp³-hybridized carbons (Fsp3) is 0.385. The zero-order valence-electron chi connectivity index (χ0n) is 11.7. The van der Waals surface area contributed by atoms with E-state index in [1.165, 1.54) is 14.2 Å². The number of anilines is 1. The number of carbonyl (C=O) groups is 2. The third kappa shape index (κ3) is 4.34. The highest BCUT2D eigenvalue weighted by Gasteiger charge is 2.13. The molecule has 7 heteroatoms. The Morgan fingerprint density at radius 3 is 2.25 bits per heavy atom. The second-order valence-electron chi connectivity index (χ2n) is 3.65. The zero-order chi connectivity index (χ0) is 15.0. The first-order chi connectivity index (χ1) is 9.62. The first kappa shape index (κ1) is 15.6. The summed E-state index contributed by atoms with van der Waals surface area (Å²) in [5, 5.41) is 4.95. The number of ether oxygens (including phenoxy) is 3. The molecule has 0 heterocycles. The lowest BCUT2D eigenvalue weighted by Crippen LogP contribution is -2.34. The number of rotatable bonds is 6. The number of hydrogen-bond donors (Lipinski definition) is 2. The number of nitrogens with one attached hydrogen (secondary N) is 2. The van der Waals surface area contributed by atoms with Crippen LogP contribution in [0.5, 0.6) is 11.5 Å². The van der Waals surface area contributed by atoms with Crippen molar-refractivity contribution in [2.45, 2.75) is 6.92 Å². The second-order valence-corrected chi connectivity index (χ2v) is 3.65. The zero-order valence-corrected chi connectivity index (χ0v) is 11.7. The van der Waals surface area contributed by atoms with Crippen molar-refractivity contribution < 1.29 is 23.8 Å². The molecule has 1 rings (SSSR count). The van der Waals surface area contributed by atoms with Gasteiger partial charge in [-0.2, -0.15) is 0 Å². The van der Waals surface area contributed by atoms with Gasteiger partial charge in [-0.3, -0.25) is 4.79 Å². The average Bonchev–Trinajstić information content (AvgIpc) is 2.45. The predicted octanol–water partition coefficient (Wildman–Crippen LogP) is 1.39. The molecule has 0 radical (unpaired) electrons. The molecule has 2 N–H and O–H groups in total. The summed E-state index contributed by atoms with van der Waals surface area (Å²) in [5.74, 6) is 0.404. The fourth-order valence-electron chi connectivity index (χ4n) is 1.50. The van der Waals surface area contributed by atoms with Crippen LogP contribution in [0.2, 0.25) is 0 Å². The van der Waals surface area contributed by atoms with Crippen LogP contribution in [0.15, 0.2) is 18.2 Å². The highest BCUT2D eigenvalue weighted by molar-refractivity contribution is 5.94. The molecule has 0 aliphatic heterocycles. The van der Waals surface area contributed by atoms with Crippen LogP contribution in [0, 0.1) is 0 Å². The topological polar surface area (TPSA) is 85.9 Å². The number of benzene rings is 1. The molecule has 2 amide bonds. The SMILES string of the molecule is CCOC(=O)CNC(=O)Nc1c(OC)cccc1OC. The maximum atomic E-state index is 11.7. The normalized spacial score (nSPS) is 9.55. The molecular formula is C13H18N2O5. The van der Waals surface area contributed by atoms with Crippen LogP contribution >= 0.6 is 0 Å². The minimum atomic E-state index is -0.555. The maximum Gasteiger partial charge on any atom is 0.325 e. The number of methoxy groups -OCH3 is 2. The number of urea groups is 1. The van der Waals surface area contributed by atoms with Crippen LogP contribution in [0.1, 0.15) is 6.92 Å². The molecule has 1 aromatic carbocycles. The minimum Gasteiger partial charge on any atom is -0.494 e. The van der Waals surface area contributed by atoms with E-state index in [0.717, 1.165) is 0 Å². The van der Waals surface area contributed by atoms with Crippen LogP contribution in [-0.4, -0.2) is 39.4 Å². The van der Waals surface area contributed by atoms with Gasteiger partial charge in [0.2, 0.25) is 0 Å². The van der Waals surface area contributed by atoms with Crippen molar-refractivity contribution in [3.8, 4) is 11.5 Å². The van der Waals surface area contributed by atoms with Gasteiger partial charge < -0.3 is 24.8 Å². The van der Waals surface area contributed by atoms with E-state index in [-0.39, 0.29) is 13.2 Å². The van der Waals surface area contributed by atoms with Crippen LogP contribution in [-0.2, 0) is 9.53 Å². The lowest BCUT2D eigenvalue weighted by Gasteiger charge is -2.14. The molecule has 110 valence electrons.